The minimum Gasteiger partial charge on any atom is -0.454 e. The van der Waals surface area contributed by atoms with Gasteiger partial charge in [-0.3, -0.25) is 14.3 Å². The SMILES string of the molecule is C#CC(=O)N1CCC(n2nc3c(=O)[nH]nc(N)c3c2-c2oc3ccc(Cl)cc3c2C)CC1. The highest BCUT2D eigenvalue weighted by Gasteiger charge is 2.30. The molecular weight excluding hydrogens is 432 g/mol. The van der Waals surface area contributed by atoms with Gasteiger partial charge < -0.3 is 15.1 Å². The van der Waals surface area contributed by atoms with Gasteiger partial charge in [0.05, 0.1) is 11.4 Å². The van der Waals surface area contributed by atoms with Crippen LogP contribution in [0.4, 0.5) is 5.82 Å². The molecule has 0 spiro atoms. The number of fused-ring (bicyclic) bond motifs is 2. The smallest absolute Gasteiger partial charge is 0.298 e. The number of terminal acetylenes is 1. The molecule has 9 nitrogen and oxygen atoms in total. The lowest BCUT2D eigenvalue weighted by atomic mass is 10.0. The van der Waals surface area contributed by atoms with Gasteiger partial charge in [0.2, 0.25) is 0 Å². The van der Waals surface area contributed by atoms with Crippen molar-refractivity contribution in [1.29, 1.82) is 0 Å². The number of H-pyrrole nitrogens is 1. The summed E-state index contributed by atoms with van der Waals surface area (Å²) >= 11 is 6.19. The third-order valence-corrected chi connectivity index (χ3v) is 6.23. The van der Waals surface area contributed by atoms with Crippen LogP contribution in [-0.4, -0.2) is 43.9 Å². The second-order valence-corrected chi connectivity index (χ2v) is 8.26. The molecule has 32 heavy (non-hydrogen) atoms. The van der Waals surface area contributed by atoms with Gasteiger partial charge in [-0.15, -0.1) is 6.42 Å². The first kappa shape index (κ1) is 20.2. The fraction of sp³-hybridized carbons (Fsp3) is 0.273. The molecule has 4 aromatic rings. The van der Waals surface area contributed by atoms with Crippen LogP contribution in [0.25, 0.3) is 33.3 Å². The van der Waals surface area contributed by atoms with Gasteiger partial charge in [-0.1, -0.05) is 11.6 Å². The number of benzene rings is 1. The first-order valence-electron chi connectivity index (χ1n) is 10.1. The highest BCUT2D eigenvalue weighted by Crippen LogP contribution is 2.40. The lowest BCUT2D eigenvalue weighted by molar-refractivity contribution is -0.126. The van der Waals surface area contributed by atoms with Gasteiger partial charge in [-0.05, 0) is 43.9 Å². The number of hydrogen-bond acceptors (Lipinski definition) is 6. The molecule has 0 aliphatic carbocycles. The number of piperidine rings is 1. The van der Waals surface area contributed by atoms with Gasteiger partial charge in [-0.2, -0.15) is 10.2 Å². The third-order valence-electron chi connectivity index (χ3n) is 5.99. The average molecular weight is 451 g/mol. The van der Waals surface area contributed by atoms with Crippen molar-refractivity contribution in [2.75, 3.05) is 18.8 Å². The van der Waals surface area contributed by atoms with E-state index in [4.69, 9.17) is 28.2 Å². The summed E-state index contributed by atoms with van der Waals surface area (Å²) in [7, 11) is 0. The topological polar surface area (TPSA) is 123 Å². The maximum absolute atomic E-state index is 12.5. The molecule has 0 bridgehead atoms. The molecule has 1 amide bonds. The molecule has 10 heteroatoms. The third kappa shape index (κ3) is 3.03. The summed E-state index contributed by atoms with van der Waals surface area (Å²) in [4.78, 5) is 26.0. The molecule has 162 valence electrons. The summed E-state index contributed by atoms with van der Waals surface area (Å²) in [6.07, 6.45) is 6.49. The summed E-state index contributed by atoms with van der Waals surface area (Å²) in [6.45, 7) is 2.90. The van der Waals surface area contributed by atoms with Gasteiger partial charge in [0.1, 0.15) is 11.3 Å². The Balaban J connectivity index is 1.71. The number of carbonyl (C=O) groups excluding carboxylic acids is 1. The van der Waals surface area contributed by atoms with Crippen LogP contribution < -0.4 is 11.3 Å². The highest BCUT2D eigenvalue weighted by molar-refractivity contribution is 6.31. The lowest BCUT2D eigenvalue weighted by Crippen LogP contribution is -2.38. The van der Waals surface area contributed by atoms with E-state index in [1.807, 2.05) is 13.0 Å². The summed E-state index contributed by atoms with van der Waals surface area (Å²) in [5.74, 6) is 2.53. The Morgan fingerprint density at radius 1 is 1.38 bits per heavy atom. The Morgan fingerprint density at radius 3 is 2.84 bits per heavy atom. The van der Waals surface area contributed by atoms with Crippen LogP contribution >= 0.6 is 11.6 Å². The second kappa shape index (κ2) is 7.43. The zero-order valence-corrected chi connectivity index (χ0v) is 17.9. The number of amides is 1. The number of halogens is 1. The van der Waals surface area contributed by atoms with Gasteiger partial charge in [0.15, 0.2) is 17.1 Å². The van der Waals surface area contributed by atoms with Crippen molar-refractivity contribution in [3.8, 4) is 23.8 Å². The largest absolute Gasteiger partial charge is 0.454 e. The number of aromatic amines is 1. The van der Waals surface area contributed by atoms with Crippen molar-refractivity contribution >= 4 is 45.2 Å². The summed E-state index contributed by atoms with van der Waals surface area (Å²) < 4.78 is 7.98. The molecule has 1 aliphatic heterocycles. The molecule has 1 fully saturated rings. The zero-order valence-electron chi connectivity index (χ0n) is 17.2. The summed E-state index contributed by atoms with van der Waals surface area (Å²) in [5, 5.41) is 12.8. The molecule has 4 heterocycles. The first-order valence-corrected chi connectivity index (χ1v) is 10.5. The summed E-state index contributed by atoms with van der Waals surface area (Å²) in [6, 6.07) is 5.30. The number of furan rings is 1. The van der Waals surface area contributed by atoms with Crippen molar-refractivity contribution in [2.24, 2.45) is 0 Å². The monoisotopic (exact) mass is 450 g/mol. The van der Waals surface area contributed by atoms with Gasteiger partial charge in [0, 0.05) is 29.1 Å². The van der Waals surface area contributed by atoms with Gasteiger partial charge in [-0.25, -0.2) is 5.10 Å². The Labute approximate surface area is 187 Å². The van der Waals surface area contributed by atoms with Crippen LogP contribution in [0.5, 0.6) is 0 Å². The number of rotatable bonds is 2. The van der Waals surface area contributed by atoms with Crippen LogP contribution in [-0.2, 0) is 4.79 Å². The van der Waals surface area contributed by atoms with Crippen LogP contribution in [0.15, 0.2) is 27.4 Å². The molecule has 1 saturated heterocycles. The van der Waals surface area contributed by atoms with Crippen molar-refractivity contribution < 1.29 is 9.21 Å². The number of nitrogens with one attached hydrogen (secondary N) is 1. The second-order valence-electron chi connectivity index (χ2n) is 7.82. The molecule has 5 rings (SSSR count). The Hall–Kier alpha value is -3.77. The van der Waals surface area contributed by atoms with Crippen LogP contribution in [0, 0.1) is 19.3 Å². The number of aromatic nitrogens is 4. The predicted molar refractivity (Wildman–Crippen MR) is 121 cm³/mol. The van der Waals surface area contributed by atoms with E-state index in [-0.39, 0.29) is 23.3 Å². The van der Waals surface area contributed by atoms with Crippen molar-refractivity contribution in [3.05, 3.63) is 39.1 Å². The molecule has 3 N–H and O–H groups in total. The van der Waals surface area contributed by atoms with Crippen LogP contribution in [0.3, 0.4) is 0 Å². The van der Waals surface area contributed by atoms with Gasteiger partial charge >= 0.3 is 0 Å². The number of aryl methyl sites for hydroxylation is 1. The Kier molecular flexibility index (Phi) is 4.68. The molecule has 1 aliphatic rings. The molecule has 0 saturated carbocycles. The molecule has 3 aromatic heterocycles. The van der Waals surface area contributed by atoms with E-state index in [0.29, 0.717) is 53.4 Å². The number of hydrogen-bond donors (Lipinski definition) is 2. The van der Waals surface area contributed by atoms with Crippen LogP contribution in [0.1, 0.15) is 24.4 Å². The van der Waals surface area contributed by atoms with Gasteiger partial charge in [0.25, 0.3) is 11.5 Å². The molecule has 0 unspecified atom stereocenters. The Morgan fingerprint density at radius 2 is 2.12 bits per heavy atom. The van der Waals surface area contributed by atoms with Crippen molar-refractivity contribution in [1.82, 2.24) is 24.9 Å². The molecule has 0 radical (unpaired) electrons. The van der Waals surface area contributed by atoms with E-state index in [2.05, 4.69) is 21.2 Å². The van der Waals surface area contributed by atoms with E-state index in [9.17, 15) is 9.59 Å². The first-order chi connectivity index (χ1) is 15.4. The summed E-state index contributed by atoms with van der Waals surface area (Å²) in [5.41, 5.74) is 8.03. The number of anilines is 1. The van der Waals surface area contributed by atoms with Crippen molar-refractivity contribution in [2.45, 2.75) is 25.8 Å². The van der Waals surface area contributed by atoms with E-state index in [1.54, 1.807) is 21.7 Å². The lowest BCUT2D eigenvalue weighted by Gasteiger charge is -2.31. The quantitative estimate of drug-likeness (QED) is 0.452. The fourth-order valence-electron chi connectivity index (χ4n) is 4.36. The maximum Gasteiger partial charge on any atom is 0.298 e. The normalized spacial score (nSPS) is 14.8. The van der Waals surface area contributed by atoms with E-state index >= 15 is 0 Å². The van der Waals surface area contributed by atoms with Crippen molar-refractivity contribution in [3.63, 3.8) is 0 Å². The van der Waals surface area contributed by atoms with E-state index < -0.39 is 5.56 Å². The predicted octanol–water partition coefficient (Wildman–Crippen LogP) is 2.87. The Bertz CT molecular complexity index is 1480. The number of carbonyl (C=O) groups is 1. The minimum atomic E-state index is -0.439. The maximum atomic E-state index is 12.5. The number of nitrogens with two attached hydrogens (primary N) is 1. The fourth-order valence-corrected chi connectivity index (χ4v) is 4.53. The average Bonchev–Trinajstić information content (AvgIpc) is 3.35. The standard InChI is InChI=1S/C22H19ClN6O3/c1-3-16(30)28-8-6-13(7-9-28)29-19(17-18(27-29)22(31)26-25-21(17)24)20-11(2)14-10-12(23)4-5-15(14)32-20/h1,4-5,10,13H,6-9H2,2H3,(H2,24,25)(H,26,31). The molecule has 1 aromatic carbocycles. The van der Waals surface area contributed by atoms with Crippen LogP contribution in [0.2, 0.25) is 5.02 Å². The molecular formula is C22H19ClN6O3. The van der Waals surface area contributed by atoms with E-state index in [1.165, 1.54) is 0 Å². The molecule has 0 atom stereocenters. The number of nitrogens with zero attached hydrogens (tertiary/aromatic N) is 4. The van der Waals surface area contributed by atoms with E-state index in [0.717, 1.165) is 10.9 Å². The number of likely N-dealkylation sites (tertiary alicyclic amines) is 1. The highest BCUT2D eigenvalue weighted by atomic mass is 35.5. The zero-order chi connectivity index (χ0) is 22.6. The number of nitrogen functional groups attached to an aromatic ring is 1. The minimum absolute atomic E-state index is 0.0887.